The molecule has 0 bridgehead atoms. The molecule has 1 unspecified atom stereocenters. The number of aryl methyl sites for hydroxylation is 1. The molecule has 1 aliphatic rings. The molecule has 2 aromatic heterocycles. The van der Waals surface area contributed by atoms with Crippen molar-refractivity contribution in [3.05, 3.63) is 58.7 Å². The molecular weight excluding hydrogens is 264 g/mol. The van der Waals surface area contributed by atoms with Crippen molar-refractivity contribution in [1.29, 1.82) is 0 Å². The Hall–Kier alpha value is -1.58. The molecule has 0 amide bonds. The summed E-state index contributed by atoms with van der Waals surface area (Å²) in [6, 6.07) is 8.88. The fourth-order valence-electron chi connectivity index (χ4n) is 3.23. The average molecular weight is 282 g/mol. The van der Waals surface area contributed by atoms with Gasteiger partial charge in [-0.3, -0.25) is 0 Å². The molecule has 0 aliphatic heterocycles. The van der Waals surface area contributed by atoms with E-state index in [2.05, 4.69) is 46.6 Å². The number of benzene rings is 1. The third-order valence-corrected chi connectivity index (χ3v) is 5.28. The van der Waals surface area contributed by atoms with Crippen molar-refractivity contribution in [2.75, 3.05) is 0 Å². The maximum absolute atomic E-state index is 6.21. The molecule has 0 saturated carbocycles. The standard InChI is InChI=1S/C17H18N2S/c18-16-6-3-4-12-8-19(10-15(12)16)9-13-11-20-17-7-2-1-5-14(13)17/h1-2,5,7-8,10-11,16H,3-4,6,9,18H2. The largest absolute Gasteiger partial charge is 0.349 e. The monoisotopic (exact) mass is 282 g/mol. The van der Waals surface area contributed by atoms with Crippen LogP contribution in [0.5, 0.6) is 0 Å². The van der Waals surface area contributed by atoms with E-state index >= 15 is 0 Å². The zero-order valence-electron chi connectivity index (χ0n) is 11.4. The predicted molar refractivity (Wildman–Crippen MR) is 85.2 cm³/mol. The van der Waals surface area contributed by atoms with Gasteiger partial charge in [-0.1, -0.05) is 18.2 Å². The Balaban J connectivity index is 1.69. The van der Waals surface area contributed by atoms with Crippen molar-refractivity contribution in [3.63, 3.8) is 0 Å². The summed E-state index contributed by atoms with van der Waals surface area (Å²) in [7, 11) is 0. The van der Waals surface area contributed by atoms with Crippen LogP contribution in [0, 0.1) is 0 Å². The van der Waals surface area contributed by atoms with Crippen molar-refractivity contribution in [2.45, 2.75) is 31.8 Å². The summed E-state index contributed by atoms with van der Waals surface area (Å²) in [4.78, 5) is 0. The molecule has 102 valence electrons. The van der Waals surface area contributed by atoms with Gasteiger partial charge in [0.05, 0.1) is 0 Å². The summed E-state index contributed by atoms with van der Waals surface area (Å²) in [5.74, 6) is 0. The van der Waals surface area contributed by atoms with Gasteiger partial charge >= 0.3 is 0 Å². The Labute approximate surface area is 122 Å². The summed E-state index contributed by atoms with van der Waals surface area (Å²) in [6.45, 7) is 0.948. The molecule has 20 heavy (non-hydrogen) atoms. The van der Waals surface area contributed by atoms with Gasteiger partial charge in [-0.05, 0) is 52.8 Å². The molecule has 0 spiro atoms. The van der Waals surface area contributed by atoms with Crippen molar-refractivity contribution in [1.82, 2.24) is 4.57 Å². The summed E-state index contributed by atoms with van der Waals surface area (Å²) in [6.07, 6.45) is 8.07. The van der Waals surface area contributed by atoms with E-state index in [1.165, 1.54) is 39.6 Å². The highest BCUT2D eigenvalue weighted by molar-refractivity contribution is 7.17. The summed E-state index contributed by atoms with van der Waals surface area (Å²) >= 11 is 1.83. The Morgan fingerprint density at radius 3 is 3.05 bits per heavy atom. The number of nitrogens with two attached hydrogens (primary N) is 1. The topological polar surface area (TPSA) is 30.9 Å². The van der Waals surface area contributed by atoms with E-state index in [1.54, 1.807) is 0 Å². The third-order valence-electron chi connectivity index (χ3n) is 4.27. The van der Waals surface area contributed by atoms with Crippen molar-refractivity contribution >= 4 is 21.4 Å². The lowest BCUT2D eigenvalue weighted by Crippen LogP contribution is -2.15. The molecule has 2 N–H and O–H groups in total. The van der Waals surface area contributed by atoms with Crippen LogP contribution >= 0.6 is 11.3 Å². The van der Waals surface area contributed by atoms with Gasteiger partial charge in [0, 0.05) is 29.7 Å². The van der Waals surface area contributed by atoms with Gasteiger partial charge < -0.3 is 10.3 Å². The number of hydrogen-bond donors (Lipinski definition) is 1. The van der Waals surface area contributed by atoms with Crippen LogP contribution in [0.1, 0.15) is 35.6 Å². The first-order valence-electron chi connectivity index (χ1n) is 7.20. The number of nitrogens with zero attached hydrogens (tertiary/aromatic N) is 1. The first-order valence-corrected chi connectivity index (χ1v) is 8.08. The van der Waals surface area contributed by atoms with E-state index in [0.717, 1.165) is 13.0 Å². The van der Waals surface area contributed by atoms with Crippen molar-refractivity contribution in [2.24, 2.45) is 5.73 Å². The summed E-state index contributed by atoms with van der Waals surface area (Å²) < 4.78 is 3.68. The van der Waals surface area contributed by atoms with Crippen LogP contribution in [0.2, 0.25) is 0 Å². The average Bonchev–Trinajstić information content (AvgIpc) is 3.05. The van der Waals surface area contributed by atoms with E-state index < -0.39 is 0 Å². The highest BCUT2D eigenvalue weighted by atomic mass is 32.1. The number of fused-ring (bicyclic) bond motifs is 2. The summed E-state index contributed by atoms with van der Waals surface area (Å²) in [5.41, 5.74) is 10.4. The van der Waals surface area contributed by atoms with Crippen LogP contribution in [0.25, 0.3) is 10.1 Å². The normalized spacial score (nSPS) is 18.4. The molecule has 1 aromatic carbocycles. The van der Waals surface area contributed by atoms with Crippen LogP contribution in [-0.4, -0.2) is 4.57 Å². The minimum absolute atomic E-state index is 0.235. The lowest BCUT2D eigenvalue weighted by atomic mass is 9.92. The Morgan fingerprint density at radius 2 is 2.15 bits per heavy atom. The quantitative estimate of drug-likeness (QED) is 0.754. The van der Waals surface area contributed by atoms with E-state index in [0.29, 0.717) is 0 Å². The number of rotatable bonds is 2. The second kappa shape index (κ2) is 4.76. The highest BCUT2D eigenvalue weighted by Crippen LogP contribution is 2.30. The maximum Gasteiger partial charge on any atom is 0.0484 e. The molecular formula is C17H18N2S. The Bertz CT molecular complexity index is 753. The Morgan fingerprint density at radius 1 is 1.25 bits per heavy atom. The molecule has 3 heteroatoms. The van der Waals surface area contributed by atoms with E-state index in [9.17, 15) is 0 Å². The predicted octanol–water partition coefficient (Wildman–Crippen LogP) is 4.09. The van der Waals surface area contributed by atoms with Gasteiger partial charge in [0.15, 0.2) is 0 Å². The van der Waals surface area contributed by atoms with Gasteiger partial charge in [0.2, 0.25) is 0 Å². The zero-order chi connectivity index (χ0) is 13.5. The maximum atomic E-state index is 6.21. The molecule has 2 heterocycles. The second-order valence-corrected chi connectivity index (χ2v) is 6.58. The second-order valence-electron chi connectivity index (χ2n) is 5.67. The van der Waals surface area contributed by atoms with Gasteiger partial charge in [0.1, 0.15) is 0 Å². The van der Waals surface area contributed by atoms with Crippen LogP contribution in [0.15, 0.2) is 42.0 Å². The van der Waals surface area contributed by atoms with E-state index in [4.69, 9.17) is 5.73 Å². The third kappa shape index (κ3) is 1.98. The fraction of sp³-hybridized carbons (Fsp3) is 0.294. The van der Waals surface area contributed by atoms with Crippen LogP contribution in [-0.2, 0) is 13.0 Å². The first kappa shape index (κ1) is 12.2. The molecule has 2 nitrogen and oxygen atoms in total. The van der Waals surface area contributed by atoms with Crippen LogP contribution in [0.3, 0.4) is 0 Å². The molecule has 4 rings (SSSR count). The lowest BCUT2D eigenvalue weighted by Gasteiger charge is -2.17. The Kier molecular flexibility index (Phi) is 2.90. The minimum atomic E-state index is 0.235. The molecule has 1 aliphatic carbocycles. The van der Waals surface area contributed by atoms with E-state index in [1.807, 2.05) is 11.3 Å². The number of aromatic nitrogens is 1. The van der Waals surface area contributed by atoms with Crippen molar-refractivity contribution in [3.8, 4) is 0 Å². The number of thiophene rings is 1. The molecule has 1 atom stereocenters. The SMILES string of the molecule is NC1CCCc2cn(Cc3csc4ccccc34)cc21. The van der Waals surface area contributed by atoms with Gasteiger partial charge in [-0.2, -0.15) is 0 Å². The number of hydrogen-bond acceptors (Lipinski definition) is 2. The first-order chi connectivity index (χ1) is 9.81. The zero-order valence-corrected chi connectivity index (χ0v) is 12.2. The lowest BCUT2D eigenvalue weighted by molar-refractivity contribution is 0.573. The van der Waals surface area contributed by atoms with Crippen molar-refractivity contribution < 1.29 is 0 Å². The fourth-order valence-corrected chi connectivity index (χ4v) is 4.18. The van der Waals surface area contributed by atoms with Gasteiger partial charge in [-0.25, -0.2) is 0 Å². The molecule has 0 fully saturated rings. The molecule has 0 saturated heterocycles. The van der Waals surface area contributed by atoms with E-state index in [-0.39, 0.29) is 6.04 Å². The van der Waals surface area contributed by atoms with Crippen LogP contribution in [0.4, 0.5) is 0 Å². The minimum Gasteiger partial charge on any atom is -0.349 e. The highest BCUT2D eigenvalue weighted by Gasteiger charge is 2.18. The van der Waals surface area contributed by atoms with Gasteiger partial charge in [0.25, 0.3) is 0 Å². The van der Waals surface area contributed by atoms with Gasteiger partial charge in [-0.15, -0.1) is 11.3 Å². The smallest absolute Gasteiger partial charge is 0.0484 e. The van der Waals surface area contributed by atoms with Crippen LogP contribution < -0.4 is 5.73 Å². The summed E-state index contributed by atoms with van der Waals surface area (Å²) in [5, 5.41) is 3.66. The molecule has 3 aromatic rings. The molecule has 0 radical (unpaired) electrons.